The summed E-state index contributed by atoms with van der Waals surface area (Å²) in [7, 11) is 1.60. The molecule has 0 saturated carbocycles. The monoisotopic (exact) mass is 293 g/mol. The highest BCUT2D eigenvalue weighted by molar-refractivity contribution is 6.05. The van der Waals surface area contributed by atoms with Gasteiger partial charge in [0.2, 0.25) is 0 Å². The molecule has 3 nitrogen and oxygen atoms in total. The minimum absolute atomic E-state index is 0.120. The first-order chi connectivity index (χ1) is 10.8. The zero-order valence-corrected chi connectivity index (χ0v) is 12.6. The van der Waals surface area contributed by atoms with E-state index in [-0.39, 0.29) is 5.91 Å². The largest absolute Gasteiger partial charge is 0.497 e. The van der Waals surface area contributed by atoms with Gasteiger partial charge in [-0.1, -0.05) is 30.3 Å². The fourth-order valence-corrected chi connectivity index (χ4v) is 2.75. The Morgan fingerprint density at radius 3 is 2.77 bits per heavy atom. The molecule has 1 amide bonds. The number of para-hydroxylation sites is 1. The van der Waals surface area contributed by atoms with E-state index in [0.717, 1.165) is 24.1 Å². The third kappa shape index (κ3) is 3.03. The molecule has 1 aliphatic carbocycles. The molecule has 2 aromatic carbocycles. The first-order valence-corrected chi connectivity index (χ1v) is 7.52. The highest BCUT2D eigenvalue weighted by Crippen LogP contribution is 2.32. The van der Waals surface area contributed by atoms with Crippen molar-refractivity contribution < 1.29 is 9.53 Å². The lowest BCUT2D eigenvalue weighted by atomic mass is 10.0. The predicted octanol–water partition coefficient (Wildman–Crippen LogP) is 4.51. The van der Waals surface area contributed by atoms with Crippen LogP contribution in [0.3, 0.4) is 0 Å². The van der Waals surface area contributed by atoms with E-state index in [0.29, 0.717) is 11.3 Å². The van der Waals surface area contributed by atoms with Crippen LogP contribution in [-0.2, 0) is 0 Å². The third-order valence-electron chi connectivity index (χ3n) is 3.89. The van der Waals surface area contributed by atoms with Crippen molar-refractivity contribution in [2.75, 3.05) is 12.4 Å². The van der Waals surface area contributed by atoms with Gasteiger partial charge in [-0.05, 0) is 49.1 Å². The average molecular weight is 293 g/mol. The zero-order valence-electron chi connectivity index (χ0n) is 12.6. The van der Waals surface area contributed by atoms with Crippen molar-refractivity contribution in [2.24, 2.45) is 0 Å². The highest BCUT2D eigenvalue weighted by atomic mass is 16.5. The SMILES string of the molecule is COc1cccc(C(=O)Nc2ccccc2C2=CCCC2)c1. The van der Waals surface area contributed by atoms with Crippen LogP contribution in [0.4, 0.5) is 5.69 Å². The molecule has 0 radical (unpaired) electrons. The topological polar surface area (TPSA) is 38.3 Å². The van der Waals surface area contributed by atoms with E-state index in [1.807, 2.05) is 30.3 Å². The smallest absolute Gasteiger partial charge is 0.255 e. The maximum atomic E-state index is 12.5. The Hall–Kier alpha value is -2.55. The van der Waals surface area contributed by atoms with Crippen LogP contribution in [0.1, 0.15) is 35.2 Å². The molecule has 0 saturated heterocycles. The molecule has 0 fully saturated rings. The predicted molar refractivity (Wildman–Crippen MR) is 89.2 cm³/mol. The van der Waals surface area contributed by atoms with Gasteiger partial charge in [-0.15, -0.1) is 0 Å². The second-order valence-corrected chi connectivity index (χ2v) is 5.35. The Balaban J connectivity index is 1.85. The van der Waals surface area contributed by atoms with E-state index in [9.17, 15) is 4.79 Å². The van der Waals surface area contributed by atoms with Gasteiger partial charge in [-0.2, -0.15) is 0 Å². The molecular formula is C19H19NO2. The summed E-state index contributed by atoms with van der Waals surface area (Å²) in [6.07, 6.45) is 5.64. The Bertz CT molecular complexity index is 719. The van der Waals surface area contributed by atoms with Gasteiger partial charge in [-0.25, -0.2) is 0 Å². The van der Waals surface area contributed by atoms with Gasteiger partial charge >= 0.3 is 0 Å². The Kier molecular flexibility index (Phi) is 4.24. The standard InChI is InChI=1S/C19H19NO2/c1-22-16-10-6-9-15(13-16)19(21)20-18-12-5-4-11-17(18)14-7-2-3-8-14/h4-7,9-13H,2-3,8H2,1H3,(H,20,21). The van der Waals surface area contributed by atoms with Crippen LogP contribution in [0.15, 0.2) is 54.6 Å². The van der Waals surface area contributed by atoms with Crippen LogP contribution in [0.5, 0.6) is 5.75 Å². The number of hydrogen-bond donors (Lipinski definition) is 1. The summed E-state index contributed by atoms with van der Waals surface area (Å²) in [5.74, 6) is 0.560. The number of rotatable bonds is 4. The molecule has 22 heavy (non-hydrogen) atoms. The maximum absolute atomic E-state index is 12.5. The summed E-state index contributed by atoms with van der Waals surface area (Å²) >= 11 is 0. The molecule has 0 unspecified atom stereocenters. The lowest BCUT2D eigenvalue weighted by Crippen LogP contribution is -2.13. The minimum Gasteiger partial charge on any atom is -0.497 e. The molecule has 3 heteroatoms. The first-order valence-electron chi connectivity index (χ1n) is 7.52. The number of amides is 1. The maximum Gasteiger partial charge on any atom is 0.255 e. The van der Waals surface area contributed by atoms with Crippen LogP contribution < -0.4 is 10.1 Å². The Morgan fingerprint density at radius 1 is 1.14 bits per heavy atom. The summed E-state index contributed by atoms with van der Waals surface area (Å²) in [5, 5.41) is 3.02. The molecule has 0 atom stereocenters. The number of carbonyl (C=O) groups excluding carboxylic acids is 1. The van der Waals surface area contributed by atoms with Gasteiger partial charge < -0.3 is 10.1 Å². The van der Waals surface area contributed by atoms with E-state index in [2.05, 4.69) is 17.5 Å². The van der Waals surface area contributed by atoms with Crippen molar-refractivity contribution in [3.63, 3.8) is 0 Å². The Labute approximate surface area is 130 Å². The van der Waals surface area contributed by atoms with Crippen LogP contribution in [0.2, 0.25) is 0 Å². The van der Waals surface area contributed by atoms with Crippen LogP contribution >= 0.6 is 0 Å². The van der Waals surface area contributed by atoms with E-state index in [1.54, 1.807) is 19.2 Å². The average Bonchev–Trinajstić information content (AvgIpc) is 3.09. The lowest BCUT2D eigenvalue weighted by Gasteiger charge is -2.12. The fourth-order valence-electron chi connectivity index (χ4n) is 2.75. The molecule has 112 valence electrons. The number of methoxy groups -OCH3 is 1. The van der Waals surface area contributed by atoms with Crippen LogP contribution in [0, 0.1) is 0 Å². The number of nitrogens with one attached hydrogen (secondary N) is 1. The number of allylic oxidation sites excluding steroid dienone is 2. The van der Waals surface area contributed by atoms with Crippen molar-refractivity contribution in [3.8, 4) is 5.75 Å². The van der Waals surface area contributed by atoms with Gasteiger partial charge in [0.1, 0.15) is 5.75 Å². The van der Waals surface area contributed by atoms with Crippen molar-refractivity contribution in [3.05, 3.63) is 65.7 Å². The highest BCUT2D eigenvalue weighted by Gasteiger charge is 2.14. The van der Waals surface area contributed by atoms with Crippen molar-refractivity contribution >= 4 is 17.2 Å². The van der Waals surface area contributed by atoms with Gasteiger partial charge in [0.05, 0.1) is 7.11 Å². The van der Waals surface area contributed by atoms with E-state index >= 15 is 0 Å². The lowest BCUT2D eigenvalue weighted by molar-refractivity contribution is 0.102. The summed E-state index contributed by atoms with van der Waals surface area (Å²) in [6.45, 7) is 0. The molecule has 3 rings (SSSR count). The third-order valence-corrected chi connectivity index (χ3v) is 3.89. The Morgan fingerprint density at radius 2 is 2.00 bits per heavy atom. The van der Waals surface area contributed by atoms with E-state index in [1.165, 1.54) is 12.0 Å². The normalized spacial score (nSPS) is 13.6. The molecular weight excluding hydrogens is 274 g/mol. The van der Waals surface area contributed by atoms with Crippen molar-refractivity contribution in [1.82, 2.24) is 0 Å². The summed E-state index contributed by atoms with van der Waals surface area (Å²) < 4.78 is 5.17. The molecule has 0 heterocycles. The summed E-state index contributed by atoms with van der Waals surface area (Å²) in [4.78, 5) is 12.5. The second kappa shape index (κ2) is 6.48. The summed E-state index contributed by atoms with van der Waals surface area (Å²) in [5.41, 5.74) is 3.90. The number of anilines is 1. The molecule has 1 aliphatic rings. The molecule has 0 bridgehead atoms. The number of carbonyl (C=O) groups is 1. The molecule has 2 aromatic rings. The summed E-state index contributed by atoms with van der Waals surface area (Å²) in [6, 6.07) is 15.1. The zero-order chi connectivity index (χ0) is 15.4. The number of benzene rings is 2. The van der Waals surface area contributed by atoms with Gasteiger partial charge in [0.15, 0.2) is 0 Å². The quantitative estimate of drug-likeness (QED) is 0.900. The van der Waals surface area contributed by atoms with Gasteiger partial charge in [0.25, 0.3) is 5.91 Å². The van der Waals surface area contributed by atoms with E-state index < -0.39 is 0 Å². The fraction of sp³-hybridized carbons (Fsp3) is 0.211. The van der Waals surface area contributed by atoms with Crippen molar-refractivity contribution in [2.45, 2.75) is 19.3 Å². The number of hydrogen-bond acceptors (Lipinski definition) is 2. The van der Waals surface area contributed by atoms with Crippen LogP contribution in [0.25, 0.3) is 5.57 Å². The molecule has 1 N–H and O–H groups in total. The molecule has 0 aromatic heterocycles. The number of ether oxygens (including phenoxy) is 1. The van der Waals surface area contributed by atoms with Gasteiger partial charge in [-0.3, -0.25) is 4.79 Å². The first kappa shape index (κ1) is 14.4. The van der Waals surface area contributed by atoms with E-state index in [4.69, 9.17) is 4.74 Å². The van der Waals surface area contributed by atoms with Crippen LogP contribution in [-0.4, -0.2) is 13.0 Å². The molecule has 0 aliphatic heterocycles. The second-order valence-electron chi connectivity index (χ2n) is 5.35. The molecule has 0 spiro atoms. The minimum atomic E-state index is -0.120. The van der Waals surface area contributed by atoms with Crippen molar-refractivity contribution in [1.29, 1.82) is 0 Å². The van der Waals surface area contributed by atoms with Gasteiger partial charge in [0, 0.05) is 16.8 Å².